The van der Waals surface area contributed by atoms with Crippen LogP contribution in [0.3, 0.4) is 0 Å². The van der Waals surface area contributed by atoms with Crippen molar-refractivity contribution < 1.29 is 14.9 Å². The van der Waals surface area contributed by atoms with Gasteiger partial charge in [0.25, 0.3) is 0 Å². The average molecular weight is 279 g/mol. The van der Waals surface area contributed by atoms with Gasteiger partial charge in [-0.25, -0.2) is 0 Å². The SMILES string of the molecule is CCN(CCO)C1C(O)c2cc(C)ccc2OC1(C)C. The Morgan fingerprint density at radius 2 is 2.05 bits per heavy atom. The van der Waals surface area contributed by atoms with Crippen LogP contribution in [0.15, 0.2) is 18.2 Å². The number of ether oxygens (including phenoxy) is 1. The summed E-state index contributed by atoms with van der Waals surface area (Å²) in [6, 6.07) is 5.73. The second kappa shape index (κ2) is 5.72. The van der Waals surface area contributed by atoms with Crippen LogP contribution in [0, 0.1) is 6.92 Å². The molecule has 4 heteroatoms. The fraction of sp³-hybridized carbons (Fsp3) is 0.625. The number of rotatable bonds is 4. The number of hydrogen-bond acceptors (Lipinski definition) is 4. The Morgan fingerprint density at radius 1 is 1.35 bits per heavy atom. The van der Waals surface area contributed by atoms with E-state index < -0.39 is 11.7 Å². The largest absolute Gasteiger partial charge is 0.486 e. The van der Waals surface area contributed by atoms with E-state index in [1.807, 2.05) is 45.9 Å². The third-order valence-electron chi connectivity index (χ3n) is 4.06. The van der Waals surface area contributed by atoms with Crippen LogP contribution in [0.1, 0.15) is 38.0 Å². The van der Waals surface area contributed by atoms with Crippen molar-refractivity contribution in [3.05, 3.63) is 29.3 Å². The summed E-state index contributed by atoms with van der Waals surface area (Å²) in [5, 5.41) is 20.0. The van der Waals surface area contributed by atoms with Crippen LogP contribution in [0.2, 0.25) is 0 Å². The fourth-order valence-electron chi connectivity index (χ4n) is 3.15. The quantitative estimate of drug-likeness (QED) is 0.883. The third-order valence-corrected chi connectivity index (χ3v) is 4.06. The van der Waals surface area contributed by atoms with Crippen molar-refractivity contribution in [1.82, 2.24) is 4.90 Å². The number of aliphatic hydroxyl groups is 2. The first kappa shape index (κ1) is 15.3. The molecule has 0 fully saturated rings. The van der Waals surface area contributed by atoms with Gasteiger partial charge in [-0.05, 0) is 39.4 Å². The monoisotopic (exact) mass is 279 g/mol. The van der Waals surface area contributed by atoms with Gasteiger partial charge in [0, 0.05) is 12.1 Å². The van der Waals surface area contributed by atoms with Crippen LogP contribution >= 0.6 is 0 Å². The summed E-state index contributed by atoms with van der Waals surface area (Å²) < 4.78 is 6.10. The van der Waals surface area contributed by atoms with Gasteiger partial charge in [0.05, 0.1) is 12.6 Å². The lowest BCUT2D eigenvalue weighted by Gasteiger charge is -2.47. The van der Waals surface area contributed by atoms with Gasteiger partial charge in [0.1, 0.15) is 17.5 Å². The van der Waals surface area contributed by atoms with Crippen LogP contribution in [0.5, 0.6) is 5.75 Å². The van der Waals surface area contributed by atoms with Crippen LogP contribution in [0.4, 0.5) is 0 Å². The van der Waals surface area contributed by atoms with Gasteiger partial charge in [-0.3, -0.25) is 4.90 Å². The summed E-state index contributed by atoms with van der Waals surface area (Å²) in [6.07, 6.45) is -0.611. The van der Waals surface area contributed by atoms with E-state index in [2.05, 4.69) is 4.90 Å². The molecule has 2 unspecified atom stereocenters. The van der Waals surface area contributed by atoms with E-state index in [0.717, 1.165) is 23.4 Å². The van der Waals surface area contributed by atoms with Gasteiger partial charge in [0.15, 0.2) is 0 Å². The number of aryl methyl sites for hydroxylation is 1. The molecule has 1 aliphatic heterocycles. The van der Waals surface area contributed by atoms with Crippen molar-refractivity contribution >= 4 is 0 Å². The van der Waals surface area contributed by atoms with Gasteiger partial charge in [-0.15, -0.1) is 0 Å². The molecular weight excluding hydrogens is 254 g/mol. The van der Waals surface area contributed by atoms with E-state index in [9.17, 15) is 10.2 Å². The van der Waals surface area contributed by atoms with Crippen molar-refractivity contribution in [1.29, 1.82) is 0 Å². The molecule has 1 aromatic rings. The smallest absolute Gasteiger partial charge is 0.126 e. The second-order valence-corrected chi connectivity index (χ2v) is 5.99. The van der Waals surface area contributed by atoms with Crippen molar-refractivity contribution in [2.24, 2.45) is 0 Å². The Balaban J connectivity index is 2.42. The average Bonchev–Trinajstić information content (AvgIpc) is 2.38. The highest BCUT2D eigenvalue weighted by molar-refractivity contribution is 5.42. The molecule has 1 aliphatic rings. The highest BCUT2D eigenvalue weighted by Gasteiger charge is 2.45. The zero-order valence-corrected chi connectivity index (χ0v) is 12.8. The number of aliphatic hydroxyl groups excluding tert-OH is 2. The molecule has 112 valence electrons. The first-order valence-electron chi connectivity index (χ1n) is 7.23. The molecule has 0 spiro atoms. The summed E-state index contributed by atoms with van der Waals surface area (Å²) in [7, 11) is 0. The number of hydrogen-bond donors (Lipinski definition) is 2. The lowest BCUT2D eigenvalue weighted by Crippen LogP contribution is -2.58. The van der Waals surface area contributed by atoms with Gasteiger partial charge in [-0.2, -0.15) is 0 Å². The summed E-state index contributed by atoms with van der Waals surface area (Å²) >= 11 is 0. The van der Waals surface area contributed by atoms with Crippen LogP contribution in [-0.2, 0) is 0 Å². The van der Waals surface area contributed by atoms with Crippen LogP contribution in [0.25, 0.3) is 0 Å². The number of benzene rings is 1. The molecule has 2 N–H and O–H groups in total. The zero-order valence-electron chi connectivity index (χ0n) is 12.8. The Bertz CT molecular complexity index is 473. The maximum Gasteiger partial charge on any atom is 0.126 e. The minimum Gasteiger partial charge on any atom is -0.486 e. The van der Waals surface area contributed by atoms with E-state index in [1.54, 1.807) is 0 Å². The molecule has 0 aromatic heterocycles. The molecule has 0 amide bonds. The molecule has 4 nitrogen and oxygen atoms in total. The zero-order chi connectivity index (χ0) is 14.9. The third kappa shape index (κ3) is 2.68. The molecule has 0 bridgehead atoms. The predicted octanol–water partition coefficient (Wildman–Crippen LogP) is 1.88. The van der Waals surface area contributed by atoms with E-state index in [-0.39, 0.29) is 12.6 Å². The molecule has 0 radical (unpaired) electrons. The van der Waals surface area contributed by atoms with Crippen molar-refractivity contribution in [2.45, 2.75) is 45.4 Å². The first-order chi connectivity index (χ1) is 9.40. The molecule has 0 aliphatic carbocycles. The molecule has 1 heterocycles. The highest BCUT2D eigenvalue weighted by atomic mass is 16.5. The maximum absolute atomic E-state index is 10.8. The molecule has 0 saturated heterocycles. The van der Waals surface area contributed by atoms with Gasteiger partial charge in [-0.1, -0.05) is 18.6 Å². The van der Waals surface area contributed by atoms with Crippen molar-refractivity contribution in [3.63, 3.8) is 0 Å². The molecule has 2 rings (SSSR count). The second-order valence-electron chi connectivity index (χ2n) is 5.99. The summed E-state index contributed by atoms with van der Waals surface area (Å²) in [4.78, 5) is 2.08. The van der Waals surface area contributed by atoms with Gasteiger partial charge >= 0.3 is 0 Å². The lowest BCUT2D eigenvalue weighted by atomic mass is 9.84. The minimum atomic E-state index is -0.611. The first-order valence-corrected chi connectivity index (χ1v) is 7.23. The van der Waals surface area contributed by atoms with Crippen LogP contribution < -0.4 is 4.74 Å². The highest BCUT2D eigenvalue weighted by Crippen LogP contribution is 2.42. The summed E-state index contributed by atoms with van der Waals surface area (Å²) in [5.41, 5.74) is 1.44. The molecule has 2 atom stereocenters. The number of fused-ring (bicyclic) bond motifs is 1. The van der Waals surface area contributed by atoms with Crippen LogP contribution in [-0.4, -0.2) is 46.5 Å². The number of likely N-dealkylation sites (N-methyl/N-ethyl adjacent to an activating group) is 1. The molecular formula is C16H25NO3. The molecule has 20 heavy (non-hydrogen) atoms. The normalized spacial score (nSPS) is 24.4. The van der Waals surface area contributed by atoms with Gasteiger partial charge < -0.3 is 14.9 Å². The molecule has 1 aromatic carbocycles. The predicted molar refractivity (Wildman–Crippen MR) is 79.0 cm³/mol. The Hall–Kier alpha value is -1.10. The van der Waals surface area contributed by atoms with Crippen molar-refractivity contribution in [2.75, 3.05) is 19.7 Å². The topological polar surface area (TPSA) is 52.9 Å². The minimum absolute atomic E-state index is 0.0772. The fourth-order valence-corrected chi connectivity index (χ4v) is 3.15. The van der Waals surface area contributed by atoms with Gasteiger partial charge in [0.2, 0.25) is 0 Å². The standard InChI is InChI=1S/C16H25NO3/c1-5-17(8-9-18)15-14(19)12-10-11(2)6-7-13(12)20-16(15,3)4/h6-7,10,14-15,18-19H,5,8-9H2,1-4H3. The molecule has 0 saturated carbocycles. The van der Waals surface area contributed by atoms with Crippen molar-refractivity contribution in [3.8, 4) is 5.75 Å². The Morgan fingerprint density at radius 3 is 2.65 bits per heavy atom. The van der Waals surface area contributed by atoms with E-state index in [4.69, 9.17) is 4.74 Å². The van der Waals surface area contributed by atoms with E-state index in [1.165, 1.54) is 0 Å². The number of nitrogens with zero attached hydrogens (tertiary/aromatic N) is 1. The Kier molecular flexibility index (Phi) is 4.37. The Labute approximate surface area is 121 Å². The lowest BCUT2D eigenvalue weighted by molar-refractivity contribution is -0.0841. The van der Waals surface area contributed by atoms with E-state index in [0.29, 0.717) is 6.54 Å². The summed E-state index contributed by atoms with van der Waals surface area (Å²) in [5.74, 6) is 0.754. The van der Waals surface area contributed by atoms with E-state index >= 15 is 0 Å². The maximum atomic E-state index is 10.8. The summed E-state index contributed by atoms with van der Waals surface area (Å²) in [6.45, 7) is 9.39.